The van der Waals surface area contributed by atoms with Gasteiger partial charge in [0.1, 0.15) is 9.97 Å². The van der Waals surface area contributed by atoms with E-state index in [1.807, 2.05) is 13.8 Å². The molecule has 1 aliphatic rings. The number of rotatable bonds is 3. The van der Waals surface area contributed by atoms with E-state index in [4.69, 9.17) is 4.52 Å². The van der Waals surface area contributed by atoms with E-state index < -0.39 is 10.0 Å². The normalized spacial score (nSPS) is 20.2. The van der Waals surface area contributed by atoms with Crippen LogP contribution in [0.15, 0.2) is 24.7 Å². The molecule has 2 aromatic heterocycles. The predicted octanol–water partition coefficient (Wildman–Crippen LogP) is 3.64. The van der Waals surface area contributed by atoms with Crippen LogP contribution in [-0.2, 0) is 10.0 Å². The summed E-state index contributed by atoms with van der Waals surface area (Å²) in [7, 11) is -3.47. The van der Waals surface area contributed by atoms with Gasteiger partial charge in [0.05, 0.1) is 15.5 Å². The smallest absolute Gasteiger partial charge is 0.253 e. The molecular formula is C13H15BrN2O3S2. The molecule has 0 radical (unpaired) electrons. The lowest BCUT2D eigenvalue weighted by molar-refractivity contribution is 0.376. The fourth-order valence-electron chi connectivity index (χ4n) is 2.83. The number of halogens is 1. The van der Waals surface area contributed by atoms with Crippen LogP contribution in [0.1, 0.15) is 35.9 Å². The Morgan fingerprint density at radius 3 is 2.76 bits per heavy atom. The molecule has 1 fully saturated rings. The highest BCUT2D eigenvalue weighted by Crippen LogP contribution is 2.40. The first-order valence-corrected chi connectivity index (χ1v) is 9.66. The second-order valence-electron chi connectivity index (χ2n) is 5.07. The summed E-state index contributed by atoms with van der Waals surface area (Å²) in [5.74, 6) is 0.701. The summed E-state index contributed by atoms with van der Waals surface area (Å²) in [6, 6.07) is 3.23. The summed E-state index contributed by atoms with van der Waals surface area (Å²) < 4.78 is 33.6. The monoisotopic (exact) mass is 390 g/mol. The van der Waals surface area contributed by atoms with Crippen molar-refractivity contribution in [1.29, 1.82) is 0 Å². The van der Waals surface area contributed by atoms with E-state index in [0.717, 1.165) is 27.9 Å². The van der Waals surface area contributed by atoms with Crippen molar-refractivity contribution in [3.8, 4) is 0 Å². The minimum absolute atomic E-state index is 0.179. The molecule has 5 nitrogen and oxygen atoms in total. The molecule has 1 aliphatic heterocycles. The Morgan fingerprint density at radius 2 is 2.19 bits per heavy atom. The molecule has 2 aromatic rings. The Morgan fingerprint density at radius 1 is 1.43 bits per heavy atom. The zero-order valence-corrected chi connectivity index (χ0v) is 14.9. The Hall–Kier alpha value is -0.700. The Balaban J connectivity index is 2.02. The third kappa shape index (κ3) is 2.58. The van der Waals surface area contributed by atoms with Crippen molar-refractivity contribution < 1.29 is 12.9 Å². The molecular weight excluding hydrogens is 376 g/mol. The van der Waals surface area contributed by atoms with E-state index >= 15 is 0 Å². The molecule has 114 valence electrons. The Bertz CT molecular complexity index is 747. The molecule has 0 saturated carbocycles. The third-order valence-electron chi connectivity index (χ3n) is 3.74. The van der Waals surface area contributed by atoms with Gasteiger partial charge in [0.2, 0.25) is 0 Å². The van der Waals surface area contributed by atoms with Gasteiger partial charge < -0.3 is 4.52 Å². The van der Waals surface area contributed by atoms with E-state index in [1.54, 1.807) is 16.4 Å². The van der Waals surface area contributed by atoms with Crippen LogP contribution in [-0.4, -0.2) is 24.4 Å². The van der Waals surface area contributed by atoms with Gasteiger partial charge in [-0.15, -0.1) is 11.3 Å². The van der Waals surface area contributed by atoms with Crippen molar-refractivity contribution in [3.05, 3.63) is 32.9 Å². The molecule has 8 heteroatoms. The molecule has 3 rings (SSSR count). The summed E-state index contributed by atoms with van der Waals surface area (Å²) >= 11 is 4.56. The van der Waals surface area contributed by atoms with Crippen LogP contribution in [0.4, 0.5) is 0 Å². The first kappa shape index (κ1) is 15.2. The van der Waals surface area contributed by atoms with Crippen LogP contribution in [0.5, 0.6) is 0 Å². The lowest BCUT2D eigenvalue weighted by Gasteiger charge is -2.23. The highest BCUT2D eigenvalue weighted by atomic mass is 79.9. The highest BCUT2D eigenvalue weighted by molar-refractivity contribution is 9.11. The Labute approximate surface area is 136 Å². The lowest BCUT2D eigenvalue weighted by Crippen LogP contribution is -2.30. The zero-order valence-electron chi connectivity index (χ0n) is 11.7. The van der Waals surface area contributed by atoms with Crippen molar-refractivity contribution in [2.75, 3.05) is 6.54 Å². The number of sulfonamides is 1. The molecule has 0 amide bonds. The lowest BCUT2D eigenvalue weighted by atomic mass is 10.0. The van der Waals surface area contributed by atoms with Gasteiger partial charge in [-0.3, -0.25) is 0 Å². The summed E-state index contributed by atoms with van der Waals surface area (Å²) in [6.07, 6.45) is 1.65. The summed E-state index contributed by atoms with van der Waals surface area (Å²) in [6.45, 7) is 4.23. The van der Waals surface area contributed by atoms with Crippen molar-refractivity contribution in [3.63, 3.8) is 0 Å². The van der Waals surface area contributed by atoms with E-state index in [-0.39, 0.29) is 6.04 Å². The van der Waals surface area contributed by atoms with Crippen LogP contribution in [0.3, 0.4) is 0 Å². The maximum Gasteiger partial charge on any atom is 0.253 e. The van der Waals surface area contributed by atoms with Gasteiger partial charge in [-0.1, -0.05) is 5.16 Å². The second-order valence-corrected chi connectivity index (χ2v) is 9.65. The molecule has 1 atom stereocenters. The molecule has 1 saturated heterocycles. The van der Waals surface area contributed by atoms with Gasteiger partial charge in [-0.05, 0) is 54.8 Å². The maximum absolute atomic E-state index is 12.8. The van der Waals surface area contributed by atoms with Crippen LogP contribution in [0.25, 0.3) is 0 Å². The van der Waals surface area contributed by atoms with E-state index in [1.165, 1.54) is 11.3 Å². The van der Waals surface area contributed by atoms with Crippen LogP contribution >= 0.6 is 27.3 Å². The average molecular weight is 391 g/mol. The molecule has 21 heavy (non-hydrogen) atoms. The minimum Gasteiger partial charge on any atom is -0.361 e. The van der Waals surface area contributed by atoms with Crippen LogP contribution in [0.2, 0.25) is 0 Å². The van der Waals surface area contributed by atoms with Gasteiger partial charge in [-0.25, -0.2) is 8.42 Å². The standard InChI is InChI=1S/C13H15BrN2O3S2/c1-8-13(9(2)19-15-8)10-4-3-7-16(10)21(17,18)12-6-5-11(14)20-12/h5-6,10H,3-4,7H2,1-2H3/t10-/m1/s1. The molecule has 0 unspecified atom stereocenters. The Kier molecular flexibility index (Phi) is 3.98. The SMILES string of the molecule is Cc1noc(C)c1[C@H]1CCCN1S(=O)(=O)c1ccc(Br)s1. The van der Waals surface area contributed by atoms with Crippen LogP contribution in [0, 0.1) is 13.8 Å². The third-order valence-corrected chi connectivity index (χ3v) is 7.74. The van der Waals surface area contributed by atoms with Crippen molar-refractivity contribution in [1.82, 2.24) is 9.46 Å². The van der Waals surface area contributed by atoms with Gasteiger partial charge >= 0.3 is 0 Å². The van der Waals surface area contributed by atoms with Gasteiger partial charge in [0, 0.05) is 12.1 Å². The quantitative estimate of drug-likeness (QED) is 0.802. The predicted molar refractivity (Wildman–Crippen MR) is 83.9 cm³/mol. The maximum atomic E-state index is 12.8. The van der Waals surface area contributed by atoms with Crippen molar-refractivity contribution in [2.45, 2.75) is 36.9 Å². The number of hydrogen-bond donors (Lipinski definition) is 0. The topological polar surface area (TPSA) is 63.4 Å². The summed E-state index contributed by atoms with van der Waals surface area (Å²) in [4.78, 5) is 0. The van der Waals surface area contributed by atoms with Gasteiger partial charge in [0.25, 0.3) is 10.0 Å². The largest absolute Gasteiger partial charge is 0.361 e. The second kappa shape index (κ2) is 5.49. The fourth-order valence-corrected chi connectivity index (χ4v) is 6.64. The molecule has 0 spiro atoms. The molecule has 0 bridgehead atoms. The number of aryl methyl sites for hydroxylation is 2. The summed E-state index contributed by atoms with van der Waals surface area (Å²) in [5.41, 5.74) is 1.68. The van der Waals surface area contributed by atoms with Gasteiger partial charge in [-0.2, -0.15) is 4.31 Å². The number of aromatic nitrogens is 1. The van der Waals surface area contributed by atoms with E-state index in [0.29, 0.717) is 16.5 Å². The highest BCUT2D eigenvalue weighted by Gasteiger charge is 2.39. The summed E-state index contributed by atoms with van der Waals surface area (Å²) in [5, 5.41) is 3.95. The van der Waals surface area contributed by atoms with E-state index in [9.17, 15) is 8.42 Å². The molecule has 0 aromatic carbocycles. The number of nitrogens with zero attached hydrogens (tertiary/aromatic N) is 2. The average Bonchev–Trinajstić information content (AvgIpc) is 3.11. The zero-order chi connectivity index (χ0) is 15.2. The fraction of sp³-hybridized carbons (Fsp3) is 0.462. The first-order valence-electron chi connectivity index (χ1n) is 6.61. The van der Waals surface area contributed by atoms with Crippen molar-refractivity contribution in [2.24, 2.45) is 0 Å². The molecule has 0 N–H and O–H groups in total. The molecule has 0 aliphatic carbocycles. The minimum atomic E-state index is -3.47. The number of hydrogen-bond acceptors (Lipinski definition) is 5. The number of thiophene rings is 1. The van der Waals surface area contributed by atoms with Crippen LogP contribution < -0.4 is 0 Å². The van der Waals surface area contributed by atoms with Crippen molar-refractivity contribution >= 4 is 37.3 Å². The molecule has 3 heterocycles. The van der Waals surface area contributed by atoms with E-state index in [2.05, 4.69) is 21.1 Å². The first-order chi connectivity index (χ1) is 9.91. The van der Waals surface area contributed by atoms with Gasteiger partial charge in [0.15, 0.2) is 0 Å².